The number of benzene rings is 1. The largest absolute Gasteiger partial charge is 0.369 e. The number of rotatable bonds is 3. The highest BCUT2D eigenvalue weighted by Gasteiger charge is 2.96. The van der Waals surface area contributed by atoms with Crippen LogP contribution in [0.5, 0.6) is 0 Å². The van der Waals surface area contributed by atoms with Crippen molar-refractivity contribution in [2.45, 2.75) is 38.0 Å². The smallest absolute Gasteiger partial charge is 0.224 e. The van der Waals surface area contributed by atoms with Crippen molar-refractivity contribution >= 4 is 5.91 Å². The van der Waals surface area contributed by atoms with Crippen molar-refractivity contribution in [2.75, 3.05) is 0 Å². The van der Waals surface area contributed by atoms with Crippen LogP contribution in [0.4, 0.5) is 0 Å². The van der Waals surface area contributed by atoms with Gasteiger partial charge in [0.25, 0.3) is 0 Å². The Labute approximate surface area is 125 Å². The molecular weight excluding hydrogens is 258 g/mol. The van der Waals surface area contributed by atoms with Gasteiger partial charge in [-0.15, -0.1) is 0 Å². The summed E-state index contributed by atoms with van der Waals surface area (Å²) in [5.41, 5.74) is 9.19. The van der Waals surface area contributed by atoms with Crippen molar-refractivity contribution < 1.29 is 4.79 Å². The third-order valence-electron chi connectivity index (χ3n) is 7.43. The SMILES string of the molecule is CC/C=C1/C2CC3(C(N)=O)CC4(c5ccccc5)CC1C234. The summed E-state index contributed by atoms with van der Waals surface area (Å²) in [5.74, 6) is 1.24. The Balaban J connectivity index is 1.63. The topological polar surface area (TPSA) is 43.1 Å². The molecule has 1 amide bonds. The second kappa shape index (κ2) is 3.26. The van der Waals surface area contributed by atoms with Crippen LogP contribution in [0.2, 0.25) is 0 Å². The summed E-state index contributed by atoms with van der Waals surface area (Å²) in [6.07, 6.45) is 6.76. The highest BCUT2D eigenvalue weighted by Crippen LogP contribution is 2.98. The maximum absolute atomic E-state index is 12.2. The monoisotopic (exact) mass is 279 g/mol. The van der Waals surface area contributed by atoms with Gasteiger partial charge in [0.15, 0.2) is 0 Å². The van der Waals surface area contributed by atoms with Crippen molar-refractivity contribution in [3.8, 4) is 0 Å². The molecule has 5 atom stereocenters. The summed E-state index contributed by atoms with van der Waals surface area (Å²) in [6.45, 7) is 2.21. The summed E-state index contributed by atoms with van der Waals surface area (Å²) in [4.78, 5) is 12.2. The van der Waals surface area contributed by atoms with Gasteiger partial charge in [0, 0.05) is 10.8 Å². The normalized spacial score (nSPS) is 49.9. The number of nitrogens with two attached hydrogens (primary N) is 1. The van der Waals surface area contributed by atoms with E-state index in [-0.39, 0.29) is 22.2 Å². The number of carbonyl (C=O) groups is 1. The molecule has 4 fully saturated rings. The predicted molar refractivity (Wildman–Crippen MR) is 81.4 cm³/mol. The zero-order valence-corrected chi connectivity index (χ0v) is 12.4. The minimum Gasteiger partial charge on any atom is -0.369 e. The maximum Gasteiger partial charge on any atom is 0.224 e. The predicted octanol–water partition coefficient (Wildman–Crippen LogP) is 3.18. The van der Waals surface area contributed by atoms with E-state index in [1.807, 2.05) is 0 Å². The van der Waals surface area contributed by atoms with Crippen LogP contribution < -0.4 is 5.73 Å². The van der Waals surface area contributed by atoms with E-state index in [4.69, 9.17) is 5.73 Å². The van der Waals surface area contributed by atoms with Gasteiger partial charge in [-0.2, -0.15) is 0 Å². The molecule has 0 aliphatic heterocycles. The van der Waals surface area contributed by atoms with E-state index in [1.165, 1.54) is 12.0 Å². The van der Waals surface area contributed by atoms with Gasteiger partial charge in [0.05, 0.1) is 5.41 Å². The standard InChI is InChI=1S/C19H21NO/c1-2-6-13-14-9-17(12-7-4-3-5-8-12)11-18(16(20)21)10-15(13)19(14,17)18/h3-8,14-15H,2,9-11H2,1H3,(H2,20,21)/b13-6+. The molecular formula is C19H21NO. The first kappa shape index (κ1) is 12.0. The summed E-state index contributed by atoms with van der Waals surface area (Å²) >= 11 is 0. The average Bonchev–Trinajstić information content (AvgIpc) is 2.42. The minimum absolute atomic E-state index is 0.0365. The highest BCUT2D eigenvalue weighted by atomic mass is 16.1. The van der Waals surface area contributed by atoms with Gasteiger partial charge in [-0.25, -0.2) is 0 Å². The Morgan fingerprint density at radius 3 is 2.62 bits per heavy atom. The second-order valence-corrected chi connectivity index (χ2v) is 7.57. The lowest BCUT2D eigenvalue weighted by molar-refractivity contribution is -0.396. The van der Waals surface area contributed by atoms with Crippen molar-refractivity contribution in [3.63, 3.8) is 0 Å². The number of amides is 1. The highest BCUT2D eigenvalue weighted by molar-refractivity contribution is 5.89. The number of hydrogen-bond donors (Lipinski definition) is 1. The Bertz CT molecular complexity index is 683. The van der Waals surface area contributed by atoms with Gasteiger partial charge in [0.2, 0.25) is 5.91 Å². The fourth-order valence-electron chi connectivity index (χ4n) is 7.01. The zero-order valence-electron chi connectivity index (χ0n) is 12.4. The molecule has 108 valence electrons. The van der Waals surface area contributed by atoms with Crippen LogP contribution in [-0.2, 0) is 10.2 Å². The van der Waals surface area contributed by atoms with Crippen LogP contribution in [0.3, 0.4) is 0 Å². The van der Waals surface area contributed by atoms with Crippen LogP contribution in [-0.4, -0.2) is 5.91 Å². The summed E-state index contributed by atoms with van der Waals surface area (Å²) in [6, 6.07) is 10.9. The van der Waals surface area contributed by atoms with Crippen molar-refractivity contribution in [2.24, 2.45) is 28.4 Å². The molecule has 5 unspecified atom stereocenters. The van der Waals surface area contributed by atoms with E-state index in [0.717, 1.165) is 19.3 Å². The molecule has 4 aliphatic rings. The molecule has 0 heterocycles. The fraction of sp³-hybridized carbons (Fsp3) is 0.526. The van der Waals surface area contributed by atoms with Crippen molar-refractivity contribution in [1.82, 2.24) is 0 Å². The first-order valence-electron chi connectivity index (χ1n) is 8.19. The Hall–Kier alpha value is -1.57. The van der Waals surface area contributed by atoms with E-state index in [2.05, 4.69) is 43.3 Å². The molecule has 4 saturated carbocycles. The third kappa shape index (κ3) is 0.874. The minimum atomic E-state index is -0.179. The lowest BCUT2D eigenvalue weighted by Crippen LogP contribution is -2.94. The lowest BCUT2D eigenvalue weighted by Gasteiger charge is -2.95. The maximum atomic E-state index is 12.2. The van der Waals surface area contributed by atoms with E-state index >= 15 is 0 Å². The van der Waals surface area contributed by atoms with Gasteiger partial charge in [-0.05, 0) is 43.1 Å². The molecule has 2 heteroatoms. The number of primary amides is 1. The van der Waals surface area contributed by atoms with Crippen molar-refractivity contribution in [1.29, 1.82) is 0 Å². The van der Waals surface area contributed by atoms with Gasteiger partial charge in [-0.3, -0.25) is 4.79 Å². The summed E-state index contributed by atoms with van der Waals surface area (Å²) in [5, 5.41) is 0. The number of hydrogen-bond acceptors (Lipinski definition) is 1. The van der Waals surface area contributed by atoms with Crippen LogP contribution in [0.15, 0.2) is 42.0 Å². The number of allylic oxidation sites excluding steroid dienone is 2. The van der Waals surface area contributed by atoms with Gasteiger partial charge < -0.3 is 5.73 Å². The molecule has 5 rings (SSSR count). The number of carbonyl (C=O) groups excluding carboxylic acids is 1. The van der Waals surface area contributed by atoms with E-state index in [9.17, 15) is 4.79 Å². The molecule has 0 aromatic heterocycles. The zero-order chi connectivity index (χ0) is 14.5. The van der Waals surface area contributed by atoms with E-state index in [0.29, 0.717) is 11.8 Å². The molecule has 21 heavy (non-hydrogen) atoms. The molecule has 4 aliphatic carbocycles. The Morgan fingerprint density at radius 1 is 1.29 bits per heavy atom. The molecule has 2 N–H and O–H groups in total. The molecule has 1 spiro atoms. The van der Waals surface area contributed by atoms with E-state index < -0.39 is 0 Å². The van der Waals surface area contributed by atoms with Gasteiger partial charge >= 0.3 is 0 Å². The molecule has 2 nitrogen and oxygen atoms in total. The first-order valence-corrected chi connectivity index (χ1v) is 8.19. The second-order valence-electron chi connectivity index (χ2n) is 7.57. The first-order chi connectivity index (χ1) is 10.1. The Kier molecular flexibility index (Phi) is 1.87. The van der Waals surface area contributed by atoms with Crippen molar-refractivity contribution in [3.05, 3.63) is 47.5 Å². The van der Waals surface area contributed by atoms with Gasteiger partial charge in [-0.1, -0.05) is 48.9 Å². The summed E-state index contributed by atoms with van der Waals surface area (Å²) < 4.78 is 0. The molecule has 0 radical (unpaired) electrons. The Morgan fingerprint density at radius 2 is 2.00 bits per heavy atom. The van der Waals surface area contributed by atoms with Crippen LogP contribution in [0.1, 0.15) is 38.2 Å². The van der Waals surface area contributed by atoms with Gasteiger partial charge in [0.1, 0.15) is 0 Å². The van der Waals surface area contributed by atoms with Crippen LogP contribution >= 0.6 is 0 Å². The fourth-order valence-corrected chi connectivity index (χ4v) is 7.01. The molecule has 1 aromatic carbocycles. The summed E-state index contributed by atoms with van der Waals surface area (Å²) in [7, 11) is 0. The van der Waals surface area contributed by atoms with Crippen LogP contribution in [0.25, 0.3) is 0 Å². The molecule has 0 saturated heterocycles. The quantitative estimate of drug-likeness (QED) is 0.848. The molecule has 1 aromatic rings. The third-order valence-corrected chi connectivity index (χ3v) is 7.43. The van der Waals surface area contributed by atoms with E-state index in [1.54, 1.807) is 5.57 Å². The van der Waals surface area contributed by atoms with Crippen LogP contribution in [0, 0.1) is 22.7 Å². The lowest BCUT2D eigenvalue weighted by atomic mass is 9.07. The average molecular weight is 279 g/mol. The molecule has 0 bridgehead atoms.